The summed E-state index contributed by atoms with van der Waals surface area (Å²) in [4.78, 5) is 34.0. The number of urea groups is 1. The number of amides is 3. The van der Waals surface area contributed by atoms with Crippen LogP contribution in [-0.4, -0.2) is 45.9 Å². The molecular formula is C16H16ClN5O2. The first-order valence-corrected chi connectivity index (χ1v) is 7.89. The fourth-order valence-corrected chi connectivity index (χ4v) is 2.70. The van der Waals surface area contributed by atoms with Crippen molar-refractivity contribution in [2.24, 2.45) is 0 Å². The van der Waals surface area contributed by atoms with E-state index in [1.807, 2.05) is 0 Å². The number of likely N-dealkylation sites (tertiary alicyclic amines) is 1. The van der Waals surface area contributed by atoms with Crippen LogP contribution in [0, 0.1) is 0 Å². The average molecular weight is 346 g/mol. The molecule has 2 N–H and O–H groups in total. The minimum absolute atomic E-state index is 0.117. The van der Waals surface area contributed by atoms with Crippen LogP contribution in [0.5, 0.6) is 0 Å². The zero-order valence-electron chi connectivity index (χ0n) is 12.8. The highest BCUT2D eigenvalue weighted by Crippen LogP contribution is 2.18. The van der Waals surface area contributed by atoms with Crippen molar-refractivity contribution < 1.29 is 9.59 Å². The van der Waals surface area contributed by atoms with E-state index in [0.717, 1.165) is 0 Å². The van der Waals surface area contributed by atoms with E-state index in [9.17, 15) is 9.59 Å². The lowest BCUT2D eigenvalue weighted by Crippen LogP contribution is -2.40. The van der Waals surface area contributed by atoms with Gasteiger partial charge in [-0.05, 0) is 30.7 Å². The molecular weight excluding hydrogens is 330 g/mol. The van der Waals surface area contributed by atoms with E-state index in [1.54, 1.807) is 47.6 Å². The zero-order valence-corrected chi connectivity index (χ0v) is 13.5. The standard InChI is InChI=1S/C16H16ClN5O2/c17-14-12(5-3-8-19-14)21-16(24)20-11-6-9-22(10-11)15(23)13-4-1-2-7-18-13/h1-5,7-8,11H,6,9-10H2,(H2,20,21,24)/t11-/m1/s1. The number of aromatic nitrogens is 2. The third-order valence-corrected chi connectivity index (χ3v) is 4.00. The Labute approximate surface area is 144 Å². The van der Waals surface area contributed by atoms with Crippen molar-refractivity contribution in [1.82, 2.24) is 20.2 Å². The van der Waals surface area contributed by atoms with Gasteiger partial charge in [-0.2, -0.15) is 0 Å². The van der Waals surface area contributed by atoms with Gasteiger partial charge in [-0.1, -0.05) is 17.7 Å². The van der Waals surface area contributed by atoms with E-state index in [-0.39, 0.29) is 23.1 Å². The smallest absolute Gasteiger partial charge is 0.319 e. The highest BCUT2D eigenvalue weighted by atomic mass is 35.5. The van der Waals surface area contributed by atoms with Crippen molar-refractivity contribution in [3.63, 3.8) is 0 Å². The quantitative estimate of drug-likeness (QED) is 0.834. The van der Waals surface area contributed by atoms with Crippen molar-refractivity contribution >= 4 is 29.2 Å². The summed E-state index contributed by atoms with van der Waals surface area (Å²) in [6.07, 6.45) is 3.82. The Balaban J connectivity index is 1.54. The summed E-state index contributed by atoms with van der Waals surface area (Å²) in [5.41, 5.74) is 0.848. The number of anilines is 1. The third-order valence-electron chi connectivity index (χ3n) is 3.70. The summed E-state index contributed by atoms with van der Waals surface area (Å²) in [6, 6.07) is 8.08. The van der Waals surface area contributed by atoms with Gasteiger partial charge >= 0.3 is 6.03 Å². The van der Waals surface area contributed by atoms with Crippen LogP contribution in [0.3, 0.4) is 0 Å². The van der Waals surface area contributed by atoms with Crippen molar-refractivity contribution in [3.05, 3.63) is 53.6 Å². The summed E-state index contributed by atoms with van der Waals surface area (Å²) in [7, 11) is 0. The van der Waals surface area contributed by atoms with Crippen molar-refractivity contribution in [2.45, 2.75) is 12.5 Å². The van der Waals surface area contributed by atoms with Gasteiger partial charge in [0.1, 0.15) is 5.69 Å². The Morgan fingerprint density at radius 3 is 2.75 bits per heavy atom. The predicted octanol–water partition coefficient (Wildman–Crippen LogP) is 2.17. The lowest BCUT2D eigenvalue weighted by atomic mass is 10.3. The minimum Gasteiger partial charge on any atom is -0.335 e. The molecule has 1 aliphatic heterocycles. The molecule has 1 fully saturated rings. The molecule has 3 heterocycles. The highest BCUT2D eigenvalue weighted by molar-refractivity contribution is 6.32. The van der Waals surface area contributed by atoms with Gasteiger partial charge in [0.05, 0.1) is 5.69 Å². The molecule has 1 saturated heterocycles. The van der Waals surface area contributed by atoms with Gasteiger partial charge in [-0.15, -0.1) is 0 Å². The van der Waals surface area contributed by atoms with Crippen molar-refractivity contribution in [3.8, 4) is 0 Å². The molecule has 0 bridgehead atoms. The summed E-state index contributed by atoms with van der Waals surface area (Å²) >= 11 is 5.90. The maximum Gasteiger partial charge on any atom is 0.319 e. The Hall–Kier alpha value is -2.67. The molecule has 7 nitrogen and oxygen atoms in total. The molecule has 0 spiro atoms. The minimum atomic E-state index is -0.373. The van der Waals surface area contributed by atoms with Crippen LogP contribution >= 0.6 is 11.6 Å². The Kier molecular flexibility index (Phi) is 4.90. The number of carbonyl (C=O) groups excluding carboxylic acids is 2. The number of hydrogen-bond acceptors (Lipinski definition) is 4. The molecule has 8 heteroatoms. The topological polar surface area (TPSA) is 87.2 Å². The number of carbonyl (C=O) groups is 2. The van der Waals surface area contributed by atoms with E-state index < -0.39 is 0 Å². The molecule has 1 atom stereocenters. The first kappa shape index (κ1) is 16.2. The molecule has 0 aromatic carbocycles. The van der Waals surface area contributed by atoms with Crippen LogP contribution in [0.4, 0.5) is 10.5 Å². The molecule has 2 aromatic heterocycles. The summed E-state index contributed by atoms with van der Waals surface area (Å²) in [5, 5.41) is 5.72. The third kappa shape index (κ3) is 3.80. The lowest BCUT2D eigenvalue weighted by molar-refractivity contribution is 0.0783. The Morgan fingerprint density at radius 1 is 1.17 bits per heavy atom. The van der Waals surface area contributed by atoms with Crippen LogP contribution < -0.4 is 10.6 Å². The lowest BCUT2D eigenvalue weighted by Gasteiger charge is -2.17. The van der Waals surface area contributed by atoms with E-state index in [1.165, 1.54) is 0 Å². The molecule has 0 saturated carbocycles. The highest BCUT2D eigenvalue weighted by Gasteiger charge is 2.28. The zero-order chi connectivity index (χ0) is 16.9. The number of nitrogens with zero attached hydrogens (tertiary/aromatic N) is 3. The van der Waals surface area contributed by atoms with Gasteiger partial charge in [0, 0.05) is 31.5 Å². The first-order chi connectivity index (χ1) is 11.6. The van der Waals surface area contributed by atoms with Crippen LogP contribution in [0.15, 0.2) is 42.7 Å². The van der Waals surface area contributed by atoms with E-state index >= 15 is 0 Å². The van der Waals surface area contributed by atoms with Gasteiger partial charge in [0.15, 0.2) is 5.15 Å². The molecule has 124 valence electrons. The Morgan fingerprint density at radius 2 is 2.00 bits per heavy atom. The van der Waals surface area contributed by atoms with E-state index in [0.29, 0.717) is 30.9 Å². The molecule has 3 amide bonds. The van der Waals surface area contributed by atoms with Crippen LogP contribution in [0.2, 0.25) is 5.15 Å². The number of pyridine rings is 2. The van der Waals surface area contributed by atoms with Crippen LogP contribution in [0.25, 0.3) is 0 Å². The number of hydrogen-bond donors (Lipinski definition) is 2. The summed E-state index contributed by atoms with van der Waals surface area (Å²) in [5.74, 6) is -0.129. The SMILES string of the molecule is O=C(Nc1cccnc1Cl)N[C@@H]1CCN(C(=O)c2ccccn2)C1. The number of rotatable bonds is 3. The Bertz CT molecular complexity index is 740. The molecule has 2 aromatic rings. The largest absolute Gasteiger partial charge is 0.335 e. The maximum atomic E-state index is 12.3. The average Bonchev–Trinajstić information content (AvgIpc) is 3.05. The maximum absolute atomic E-state index is 12.3. The van der Waals surface area contributed by atoms with Crippen LogP contribution in [-0.2, 0) is 0 Å². The summed E-state index contributed by atoms with van der Waals surface area (Å²) in [6.45, 7) is 1.03. The van der Waals surface area contributed by atoms with Gasteiger partial charge in [0.25, 0.3) is 5.91 Å². The number of nitrogens with one attached hydrogen (secondary N) is 2. The fraction of sp³-hybridized carbons (Fsp3) is 0.250. The second kappa shape index (κ2) is 7.27. The predicted molar refractivity (Wildman–Crippen MR) is 89.9 cm³/mol. The summed E-state index contributed by atoms with van der Waals surface area (Å²) < 4.78 is 0. The van der Waals surface area contributed by atoms with Crippen LogP contribution in [0.1, 0.15) is 16.9 Å². The number of halogens is 1. The van der Waals surface area contributed by atoms with Gasteiger partial charge in [0.2, 0.25) is 0 Å². The van der Waals surface area contributed by atoms with Crippen molar-refractivity contribution in [1.29, 1.82) is 0 Å². The monoisotopic (exact) mass is 345 g/mol. The first-order valence-electron chi connectivity index (χ1n) is 7.52. The molecule has 1 aliphatic rings. The van der Waals surface area contributed by atoms with E-state index in [4.69, 9.17) is 11.6 Å². The normalized spacial score (nSPS) is 16.7. The van der Waals surface area contributed by atoms with Gasteiger partial charge in [-0.25, -0.2) is 9.78 Å². The second-order valence-electron chi connectivity index (χ2n) is 5.39. The molecule has 3 rings (SSSR count). The van der Waals surface area contributed by atoms with Gasteiger partial charge < -0.3 is 15.5 Å². The molecule has 24 heavy (non-hydrogen) atoms. The molecule has 0 radical (unpaired) electrons. The molecule has 0 aliphatic carbocycles. The van der Waals surface area contributed by atoms with E-state index in [2.05, 4.69) is 20.6 Å². The second-order valence-corrected chi connectivity index (χ2v) is 5.75. The fourth-order valence-electron chi connectivity index (χ4n) is 2.54. The van der Waals surface area contributed by atoms with Crippen molar-refractivity contribution in [2.75, 3.05) is 18.4 Å². The van der Waals surface area contributed by atoms with Gasteiger partial charge in [-0.3, -0.25) is 9.78 Å². The molecule has 0 unspecified atom stereocenters.